The highest BCUT2D eigenvalue weighted by molar-refractivity contribution is 6.04. The lowest BCUT2D eigenvalue weighted by Gasteiger charge is -2.52. The van der Waals surface area contributed by atoms with Crippen LogP contribution in [-0.4, -0.2) is 66.6 Å². The SMILES string of the molecule is CNC(=O)[C@@]1(C(=O)O)Cc2cc([N+](=O)[O-])ccc2N2CCN(C)C[C@H]21. The minimum Gasteiger partial charge on any atom is -0.480 e. The van der Waals surface area contributed by atoms with E-state index in [9.17, 15) is 24.8 Å². The zero-order valence-corrected chi connectivity index (χ0v) is 14.1. The zero-order valence-electron chi connectivity index (χ0n) is 14.1. The van der Waals surface area contributed by atoms with Crippen LogP contribution in [0.4, 0.5) is 11.4 Å². The molecule has 2 heterocycles. The summed E-state index contributed by atoms with van der Waals surface area (Å²) in [6, 6.07) is 3.91. The summed E-state index contributed by atoms with van der Waals surface area (Å²) in [5, 5.41) is 23.5. The predicted molar refractivity (Wildman–Crippen MR) is 89.6 cm³/mol. The van der Waals surface area contributed by atoms with Crippen LogP contribution in [0.1, 0.15) is 5.56 Å². The van der Waals surface area contributed by atoms with Crippen molar-refractivity contribution in [2.24, 2.45) is 5.41 Å². The first-order valence-electron chi connectivity index (χ1n) is 7.99. The Hall–Kier alpha value is -2.68. The van der Waals surface area contributed by atoms with E-state index in [1.54, 1.807) is 6.07 Å². The van der Waals surface area contributed by atoms with Gasteiger partial charge in [-0.25, -0.2) is 0 Å². The number of nitrogens with one attached hydrogen (secondary N) is 1. The van der Waals surface area contributed by atoms with E-state index in [0.717, 1.165) is 12.2 Å². The Labute approximate surface area is 144 Å². The summed E-state index contributed by atoms with van der Waals surface area (Å²) < 4.78 is 0. The Balaban J connectivity index is 2.19. The summed E-state index contributed by atoms with van der Waals surface area (Å²) >= 11 is 0. The molecule has 2 aliphatic heterocycles. The molecule has 0 saturated carbocycles. The van der Waals surface area contributed by atoms with Crippen molar-refractivity contribution < 1.29 is 19.6 Å². The molecule has 1 amide bonds. The van der Waals surface area contributed by atoms with Gasteiger partial charge in [0.25, 0.3) is 5.69 Å². The number of non-ortho nitro benzene ring substituents is 1. The van der Waals surface area contributed by atoms with Crippen molar-refractivity contribution >= 4 is 23.3 Å². The summed E-state index contributed by atoms with van der Waals surface area (Å²) in [7, 11) is 3.30. The van der Waals surface area contributed by atoms with Crippen LogP contribution in [0.2, 0.25) is 0 Å². The molecule has 134 valence electrons. The van der Waals surface area contributed by atoms with E-state index in [2.05, 4.69) is 5.32 Å². The predicted octanol–water partition coefficient (Wildman–Crippen LogP) is 0.0883. The number of rotatable bonds is 3. The molecule has 2 N–H and O–H groups in total. The lowest BCUT2D eigenvalue weighted by molar-refractivity contribution is -0.384. The van der Waals surface area contributed by atoms with Gasteiger partial charge in [-0.1, -0.05) is 0 Å². The number of amides is 1. The number of anilines is 1. The number of nitrogens with zero attached hydrogens (tertiary/aromatic N) is 3. The third-order valence-corrected chi connectivity index (χ3v) is 5.22. The molecule has 0 aliphatic carbocycles. The van der Waals surface area contributed by atoms with Crippen LogP contribution in [0.25, 0.3) is 0 Å². The van der Waals surface area contributed by atoms with Gasteiger partial charge in [0.1, 0.15) is 0 Å². The molecule has 9 nitrogen and oxygen atoms in total. The molecule has 0 aromatic heterocycles. The standard InChI is InChI=1S/C16H20N4O5/c1-17-14(21)16(15(22)23)8-10-7-11(20(24)25)3-4-12(10)19-6-5-18(2)9-13(16)19/h3-4,7,13H,5-6,8-9H2,1-2H3,(H,17,21)(H,22,23)/t13-,16+/m0/s1. The molecule has 0 bridgehead atoms. The zero-order chi connectivity index (χ0) is 18.4. The number of nitro benzene ring substituents is 1. The number of carboxylic acid groups (broad SMARTS) is 1. The molecule has 1 saturated heterocycles. The van der Waals surface area contributed by atoms with Crippen molar-refractivity contribution in [1.29, 1.82) is 0 Å². The largest absolute Gasteiger partial charge is 0.480 e. The van der Waals surface area contributed by atoms with E-state index in [0.29, 0.717) is 18.7 Å². The van der Waals surface area contributed by atoms with E-state index >= 15 is 0 Å². The van der Waals surface area contributed by atoms with Crippen molar-refractivity contribution in [2.75, 3.05) is 38.6 Å². The number of nitro groups is 1. The molecule has 1 fully saturated rings. The molecule has 3 rings (SSSR count). The number of likely N-dealkylation sites (N-methyl/N-ethyl adjacent to an activating group) is 1. The van der Waals surface area contributed by atoms with Gasteiger partial charge in [-0.2, -0.15) is 0 Å². The second kappa shape index (κ2) is 5.99. The van der Waals surface area contributed by atoms with Crippen molar-refractivity contribution in [1.82, 2.24) is 10.2 Å². The average Bonchev–Trinajstić information content (AvgIpc) is 2.59. The van der Waals surface area contributed by atoms with Crippen LogP contribution < -0.4 is 10.2 Å². The highest BCUT2D eigenvalue weighted by atomic mass is 16.6. The quantitative estimate of drug-likeness (QED) is 0.452. The van der Waals surface area contributed by atoms with Gasteiger partial charge in [0.2, 0.25) is 5.91 Å². The maximum atomic E-state index is 12.6. The highest BCUT2D eigenvalue weighted by Crippen LogP contribution is 2.44. The topological polar surface area (TPSA) is 116 Å². The second-order valence-corrected chi connectivity index (χ2v) is 6.57. The molecule has 2 aliphatic rings. The number of piperazine rings is 1. The lowest BCUT2D eigenvalue weighted by atomic mass is 9.69. The third-order valence-electron chi connectivity index (χ3n) is 5.22. The molecule has 9 heteroatoms. The monoisotopic (exact) mass is 348 g/mol. The van der Waals surface area contributed by atoms with Crippen LogP contribution in [0.15, 0.2) is 18.2 Å². The van der Waals surface area contributed by atoms with Crippen molar-refractivity contribution in [3.63, 3.8) is 0 Å². The Bertz CT molecular complexity index is 752. The number of aliphatic carboxylic acids is 1. The summed E-state index contributed by atoms with van der Waals surface area (Å²) in [6.45, 7) is 1.70. The van der Waals surface area contributed by atoms with Crippen LogP contribution in [0, 0.1) is 15.5 Å². The Morgan fingerprint density at radius 3 is 2.72 bits per heavy atom. The van der Waals surface area contributed by atoms with Gasteiger partial charge < -0.3 is 20.2 Å². The Morgan fingerprint density at radius 2 is 2.12 bits per heavy atom. The van der Waals surface area contributed by atoms with E-state index in [-0.39, 0.29) is 12.1 Å². The fraction of sp³-hybridized carbons (Fsp3) is 0.500. The first-order chi connectivity index (χ1) is 11.8. The minimum absolute atomic E-state index is 0.0754. The molecule has 25 heavy (non-hydrogen) atoms. The van der Waals surface area contributed by atoms with Crippen LogP contribution in [0.3, 0.4) is 0 Å². The molecule has 0 radical (unpaired) electrons. The molecule has 0 unspecified atom stereocenters. The van der Waals surface area contributed by atoms with Crippen LogP contribution in [-0.2, 0) is 16.0 Å². The van der Waals surface area contributed by atoms with Gasteiger partial charge in [-0.15, -0.1) is 0 Å². The van der Waals surface area contributed by atoms with Gasteiger partial charge in [-0.05, 0) is 18.7 Å². The molecular formula is C16H20N4O5. The summed E-state index contributed by atoms with van der Waals surface area (Å²) in [5.41, 5.74) is -0.515. The number of benzene rings is 1. The van der Waals surface area contributed by atoms with E-state index < -0.39 is 28.3 Å². The second-order valence-electron chi connectivity index (χ2n) is 6.57. The molecule has 1 aromatic carbocycles. The fourth-order valence-electron chi connectivity index (χ4n) is 3.92. The van der Waals surface area contributed by atoms with Gasteiger partial charge >= 0.3 is 5.97 Å². The van der Waals surface area contributed by atoms with Gasteiger partial charge in [-0.3, -0.25) is 19.7 Å². The fourth-order valence-corrected chi connectivity index (χ4v) is 3.92. The molecule has 0 spiro atoms. The smallest absolute Gasteiger partial charge is 0.321 e. The number of hydrogen-bond acceptors (Lipinski definition) is 6. The molecule has 2 atom stereocenters. The molecular weight excluding hydrogens is 328 g/mol. The first-order valence-corrected chi connectivity index (χ1v) is 7.99. The summed E-state index contributed by atoms with van der Waals surface area (Å²) in [6.07, 6.45) is -0.0754. The molecule has 1 aromatic rings. The number of carbonyl (C=O) groups is 2. The highest BCUT2D eigenvalue weighted by Gasteiger charge is 2.58. The Morgan fingerprint density at radius 1 is 1.40 bits per heavy atom. The number of fused-ring (bicyclic) bond motifs is 3. The Kier molecular flexibility index (Phi) is 4.11. The average molecular weight is 348 g/mol. The van der Waals surface area contributed by atoms with Crippen molar-refractivity contribution in [3.8, 4) is 0 Å². The van der Waals surface area contributed by atoms with Crippen molar-refractivity contribution in [2.45, 2.75) is 12.5 Å². The number of carbonyl (C=O) groups excluding carboxylic acids is 1. The maximum Gasteiger partial charge on any atom is 0.321 e. The van der Waals surface area contributed by atoms with E-state index in [4.69, 9.17) is 0 Å². The number of carboxylic acids is 1. The van der Waals surface area contributed by atoms with Gasteiger partial charge in [0.15, 0.2) is 5.41 Å². The van der Waals surface area contributed by atoms with Crippen LogP contribution >= 0.6 is 0 Å². The minimum atomic E-state index is -1.69. The first kappa shape index (κ1) is 17.2. The van der Waals surface area contributed by atoms with Gasteiger partial charge in [0, 0.05) is 50.9 Å². The number of hydrogen-bond donors (Lipinski definition) is 2. The van der Waals surface area contributed by atoms with Gasteiger partial charge in [0.05, 0.1) is 11.0 Å². The van der Waals surface area contributed by atoms with Crippen molar-refractivity contribution in [3.05, 3.63) is 33.9 Å². The maximum absolute atomic E-state index is 12.6. The third kappa shape index (κ3) is 2.51. The lowest BCUT2D eigenvalue weighted by Crippen LogP contribution is -2.68. The van der Waals surface area contributed by atoms with Crippen LogP contribution in [0.5, 0.6) is 0 Å². The normalized spacial score (nSPS) is 25.7. The van der Waals surface area contributed by atoms with E-state index in [1.807, 2.05) is 16.8 Å². The van der Waals surface area contributed by atoms with E-state index in [1.165, 1.54) is 19.2 Å². The summed E-state index contributed by atoms with van der Waals surface area (Å²) in [5.74, 6) is -1.79. The summed E-state index contributed by atoms with van der Waals surface area (Å²) in [4.78, 5) is 39.4.